The summed E-state index contributed by atoms with van der Waals surface area (Å²) >= 11 is 0. The summed E-state index contributed by atoms with van der Waals surface area (Å²) in [6, 6.07) is 1.18. The van der Waals surface area contributed by atoms with Crippen LogP contribution in [0.2, 0.25) is 0 Å². The van der Waals surface area contributed by atoms with E-state index in [1.54, 1.807) is 30.4 Å². The van der Waals surface area contributed by atoms with Gasteiger partial charge in [-0.2, -0.15) is 0 Å². The molecule has 2 bridgehead atoms. The van der Waals surface area contributed by atoms with Gasteiger partial charge in [-0.3, -0.25) is 4.74 Å². The minimum absolute atomic E-state index is 0.0544. The maximum atomic E-state index is 12.5. The number of amides is 2. The number of anilines is 1. The fourth-order valence-electron chi connectivity index (χ4n) is 3.75. The lowest BCUT2D eigenvalue weighted by atomic mass is 9.98. The molecule has 3 heterocycles. The van der Waals surface area contributed by atoms with Crippen LogP contribution in [-0.2, 0) is 4.74 Å². The Morgan fingerprint density at radius 1 is 1.42 bits per heavy atom. The maximum Gasteiger partial charge on any atom is 0.522 e. The molecule has 1 fully saturated rings. The van der Waals surface area contributed by atoms with Crippen molar-refractivity contribution in [2.24, 2.45) is 0 Å². The lowest BCUT2D eigenvalue weighted by Crippen LogP contribution is -2.49. The lowest BCUT2D eigenvalue weighted by Gasteiger charge is -2.34. The number of aromatic nitrogens is 2. The van der Waals surface area contributed by atoms with Crippen LogP contribution >= 0.6 is 0 Å². The van der Waals surface area contributed by atoms with Gasteiger partial charge in [0.05, 0.1) is 24.0 Å². The van der Waals surface area contributed by atoms with Gasteiger partial charge in [0.25, 0.3) is 0 Å². The second-order valence-electron chi connectivity index (χ2n) is 7.05. The topological polar surface area (TPSA) is 115 Å². The summed E-state index contributed by atoms with van der Waals surface area (Å²) in [7, 11) is 1.72. The molecule has 2 unspecified atom stereocenters. The number of hydrogen-bond donors (Lipinski definition) is 4. The van der Waals surface area contributed by atoms with E-state index < -0.39 is 19.0 Å². The van der Waals surface area contributed by atoms with Crippen LogP contribution in [0.5, 0.6) is 0 Å². The molecule has 0 saturated carbocycles. The number of urea groups is 1. The summed E-state index contributed by atoms with van der Waals surface area (Å²) in [5, 5.41) is 15.7. The van der Waals surface area contributed by atoms with Gasteiger partial charge in [-0.15, -0.1) is 13.2 Å². The molecule has 2 aliphatic heterocycles. The summed E-state index contributed by atoms with van der Waals surface area (Å²) in [6.07, 6.45) is 3.80. The zero-order valence-corrected chi connectivity index (χ0v) is 16.9. The van der Waals surface area contributed by atoms with E-state index in [9.17, 15) is 18.0 Å². The first kappa shape index (κ1) is 22.5. The Kier molecular flexibility index (Phi) is 7.10. The third-order valence-electron chi connectivity index (χ3n) is 4.97. The fraction of sp³-hybridized carbons (Fsp3) is 0.474. The quantitative estimate of drug-likeness (QED) is 0.365. The van der Waals surface area contributed by atoms with Gasteiger partial charge in [-0.05, 0) is 30.9 Å². The molecule has 0 radical (unpaired) electrons. The van der Waals surface area contributed by atoms with Gasteiger partial charge in [0.15, 0.2) is 0 Å². The van der Waals surface area contributed by atoms with Crippen molar-refractivity contribution in [3.63, 3.8) is 0 Å². The second kappa shape index (κ2) is 9.77. The maximum absolute atomic E-state index is 12.5. The second-order valence-corrected chi connectivity index (χ2v) is 7.05. The first-order chi connectivity index (χ1) is 14.8. The van der Waals surface area contributed by atoms with Crippen LogP contribution in [0.3, 0.4) is 0 Å². The van der Waals surface area contributed by atoms with Crippen LogP contribution in [-0.4, -0.2) is 65.8 Å². The molecule has 168 valence electrons. The van der Waals surface area contributed by atoms with Gasteiger partial charge < -0.3 is 26.3 Å². The molecule has 0 spiro atoms. The van der Waals surface area contributed by atoms with E-state index in [4.69, 9.17) is 5.41 Å². The number of fused-ring (bicyclic) bond motifs is 2. The third kappa shape index (κ3) is 5.94. The van der Waals surface area contributed by atoms with Crippen molar-refractivity contribution < 1.29 is 22.7 Å². The van der Waals surface area contributed by atoms with Crippen molar-refractivity contribution in [2.75, 3.05) is 25.5 Å². The number of nitrogens with one attached hydrogen (secondary N) is 4. The van der Waals surface area contributed by atoms with Gasteiger partial charge in [-0.1, -0.05) is 6.08 Å². The van der Waals surface area contributed by atoms with Crippen molar-refractivity contribution in [1.82, 2.24) is 25.5 Å². The number of nitrogens with zero attached hydrogens (tertiary/aromatic N) is 3. The van der Waals surface area contributed by atoms with Crippen molar-refractivity contribution in [1.29, 1.82) is 5.41 Å². The average molecular weight is 439 g/mol. The predicted octanol–water partition coefficient (Wildman–Crippen LogP) is 2.46. The van der Waals surface area contributed by atoms with E-state index in [1.807, 2.05) is 6.08 Å². The molecule has 1 aromatic heterocycles. The Hall–Kier alpha value is -3.15. The van der Waals surface area contributed by atoms with E-state index in [1.165, 1.54) is 0 Å². The summed E-state index contributed by atoms with van der Waals surface area (Å²) in [5.41, 5.74) is 2.20. The van der Waals surface area contributed by atoms with Crippen LogP contribution in [0.15, 0.2) is 30.2 Å². The predicted molar refractivity (Wildman–Crippen MR) is 108 cm³/mol. The zero-order chi connectivity index (χ0) is 22.4. The lowest BCUT2D eigenvalue weighted by molar-refractivity contribution is -0.323. The van der Waals surface area contributed by atoms with Crippen molar-refractivity contribution >= 4 is 23.8 Å². The van der Waals surface area contributed by atoms with Crippen molar-refractivity contribution in [3.8, 4) is 0 Å². The molecule has 31 heavy (non-hydrogen) atoms. The Bertz CT molecular complexity index is 872. The minimum Gasteiger partial charge on any atom is -0.392 e. The molecule has 0 aliphatic carbocycles. The third-order valence-corrected chi connectivity index (χ3v) is 4.97. The van der Waals surface area contributed by atoms with Crippen molar-refractivity contribution in [2.45, 2.75) is 37.7 Å². The molecule has 0 aromatic carbocycles. The monoisotopic (exact) mass is 439 g/mol. The van der Waals surface area contributed by atoms with Gasteiger partial charge in [0, 0.05) is 38.2 Å². The highest BCUT2D eigenvalue weighted by Gasteiger charge is 2.40. The van der Waals surface area contributed by atoms with E-state index in [0.29, 0.717) is 18.1 Å². The summed E-state index contributed by atoms with van der Waals surface area (Å²) in [4.78, 5) is 22.8. The molecule has 12 heteroatoms. The van der Waals surface area contributed by atoms with Crippen LogP contribution in [0, 0.1) is 5.41 Å². The van der Waals surface area contributed by atoms with Gasteiger partial charge in [-0.25, -0.2) is 14.8 Å². The number of halogens is 3. The van der Waals surface area contributed by atoms with Gasteiger partial charge in [0.2, 0.25) is 5.95 Å². The summed E-state index contributed by atoms with van der Waals surface area (Å²) < 4.78 is 39.8. The summed E-state index contributed by atoms with van der Waals surface area (Å²) in [5.74, 6) is 0.348. The molecule has 1 saturated heterocycles. The van der Waals surface area contributed by atoms with E-state index >= 15 is 0 Å². The number of alkyl halides is 3. The van der Waals surface area contributed by atoms with Crippen LogP contribution in [0.25, 0.3) is 5.57 Å². The molecule has 1 aromatic rings. The normalized spacial score (nSPS) is 20.8. The van der Waals surface area contributed by atoms with Gasteiger partial charge in [0.1, 0.15) is 0 Å². The van der Waals surface area contributed by atoms with E-state index in [-0.39, 0.29) is 18.6 Å². The number of rotatable bonds is 8. The Morgan fingerprint density at radius 2 is 2.23 bits per heavy atom. The van der Waals surface area contributed by atoms with E-state index in [2.05, 4.69) is 30.7 Å². The summed E-state index contributed by atoms with van der Waals surface area (Å²) in [6.45, 7) is -0.850. The highest BCUT2D eigenvalue weighted by Crippen LogP contribution is 2.38. The molecule has 9 nitrogen and oxygen atoms in total. The highest BCUT2D eigenvalue weighted by atomic mass is 19.4. The molecule has 2 atom stereocenters. The van der Waals surface area contributed by atoms with Crippen LogP contribution < -0.4 is 16.0 Å². The largest absolute Gasteiger partial charge is 0.522 e. The first-order valence-electron chi connectivity index (χ1n) is 9.76. The molecular formula is C19H24F3N7O2. The molecule has 3 rings (SSSR count). The molecular weight excluding hydrogens is 415 g/mol. The smallest absolute Gasteiger partial charge is 0.392 e. The molecule has 4 N–H and O–H groups in total. The molecule has 2 amide bonds. The first-order valence-corrected chi connectivity index (χ1v) is 9.76. The average Bonchev–Trinajstić information content (AvgIpc) is 2.99. The van der Waals surface area contributed by atoms with Crippen LogP contribution in [0.4, 0.5) is 23.9 Å². The number of ether oxygens (including phenoxy) is 1. The highest BCUT2D eigenvalue weighted by molar-refractivity contribution is 5.80. The van der Waals surface area contributed by atoms with Gasteiger partial charge >= 0.3 is 12.4 Å². The minimum atomic E-state index is -4.71. The van der Waals surface area contributed by atoms with Crippen LogP contribution in [0.1, 0.15) is 25.0 Å². The molecule has 2 aliphatic rings. The van der Waals surface area contributed by atoms with E-state index in [0.717, 1.165) is 30.3 Å². The zero-order valence-electron chi connectivity index (χ0n) is 16.9. The SMILES string of the molecule is CN/C=C(\C=N)Nc1nccc(C2=CC3CCC(C2)N3C(=O)NCCOC(F)(F)F)n1. The fourth-order valence-corrected chi connectivity index (χ4v) is 3.75. The Morgan fingerprint density at radius 3 is 2.90 bits per heavy atom. The number of carbonyl (C=O) groups is 1. The Balaban J connectivity index is 1.65. The number of allylic oxidation sites excluding steroid dienone is 1. The standard InChI is InChI=1S/C19H24F3N7O2/c1-24-11-13(10-23)27-17-25-5-4-16(28-17)12-8-14-2-3-15(9-12)29(14)18(30)26-6-7-31-19(20,21)22/h4-5,8,10-11,14-15,23-24H,2-3,6-7,9H2,1H3,(H,26,30)(H,25,27,28)/b13-11+,23-10?. The van der Waals surface area contributed by atoms with Crippen molar-refractivity contribution in [3.05, 3.63) is 35.9 Å². The number of hydrogen-bond acceptors (Lipinski definition) is 7. The number of carbonyl (C=O) groups excluding carboxylic acids is 1. The Labute approximate surface area is 177 Å².